The monoisotopic (exact) mass is 577 g/mol. The molecule has 4 amide bonds. The molecular formula is C21H31N5O14. The molecule has 0 fully saturated rings. The zero-order valence-corrected chi connectivity index (χ0v) is 21.0. The molecule has 0 unspecified atom stereocenters. The van der Waals surface area contributed by atoms with Gasteiger partial charge in [-0.05, 0) is 19.3 Å². The van der Waals surface area contributed by atoms with Crippen LogP contribution in [0.2, 0.25) is 0 Å². The van der Waals surface area contributed by atoms with Gasteiger partial charge >= 0.3 is 29.8 Å². The van der Waals surface area contributed by atoms with E-state index in [2.05, 4.69) is 10.6 Å². The predicted octanol–water partition coefficient (Wildman–Crippen LogP) is -3.96. The third-order valence-electron chi connectivity index (χ3n) is 4.99. The number of hydrogen-bond donors (Lipinski definition) is 10. The summed E-state index contributed by atoms with van der Waals surface area (Å²) in [6.07, 6.45) is -4.33. The predicted molar refractivity (Wildman–Crippen MR) is 127 cm³/mol. The Hall–Kier alpha value is -4.81. The van der Waals surface area contributed by atoms with Gasteiger partial charge in [0.2, 0.25) is 23.6 Å². The number of hydrogen-bond acceptors (Lipinski definition) is 10. The lowest BCUT2D eigenvalue weighted by Gasteiger charge is -2.24. The molecule has 19 heteroatoms. The zero-order chi connectivity index (χ0) is 31.0. The maximum Gasteiger partial charge on any atom is 0.326 e. The van der Waals surface area contributed by atoms with E-state index in [1.807, 2.05) is 10.6 Å². The molecule has 0 bridgehead atoms. The van der Waals surface area contributed by atoms with Gasteiger partial charge in [0.25, 0.3) is 0 Å². The van der Waals surface area contributed by atoms with Crippen LogP contribution in [-0.4, -0.2) is 110 Å². The summed E-state index contributed by atoms with van der Waals surface area (Å²) in [4.78, 5) is 104. The summed E-state index contributed by atoms with van der Waals surface area (Å²) in [5.74, 6) is -11.5. The molecule has 224 valence electrons. The summed E-state index contributed by atoms with van der Waals surface area (Å²) in [6, 6.07) is -6.51. The van der Waals surface area contributed by atoms with Crippen molar-refractivity contribution in [3.63, 3.8) is 0 Å². The summed E-state index contributed by atoms with van der Waals surface area (Å²) in [5, 5.41) is 52.8. The van der Waals surface area contributed by atoms with Crippen LogP contribution in [0, 0.1) is 0 Å². The van der Waals surface area contributed by atoms with Gasteiger partial charge in [0.05, 0.1) is 19.0 Å². The van der Waals surface area contributed by atoms with Crippen molar-refractivity contribution in [3.05, 3.63) is 0 Å². The summed E-state index contributed by atoms with van der Waals surface area (Å²) in [6.45, 7) is -0.796. The Morgan fingerprint density at radius 2 is 0.950 bits per heavy atom. The van der Waals surface area contributed by atoms with Crippen LogP contribution in [-0.2, 0) is 43.2 Å². The van der Waals surface area contributed by atoms with Gasteiger partial charge in [-0.3, -0.25) is 38.4 Å². The highest BCUT2D eigenvalue weighted by atomic mass is 16.4. The highest BCUT2D eigenvalue weighted by Gasteiger charge is 2.30. The Morgan fingerprint density at radius 3 is 1.35 bits per heavy atom. The second-order valence-corrected chi connectivity index (χ2v) is 8.30. The summed E-state index contributed by atoms with van der Waals surface area (Å²) >= 11 is 0. The van der Waals surface area contributed by atoms with Gasteiger partial charge in [-0.25, -0.2) is 4.79 Å². The molecule has 0 aliphatic heterocycles. The van der Waals surface area contributed by atoms with Crippen molar-refractivity contribution < 1.29 is 68.7 Å². The quantitative estimate of drug-likeness (QED) is 0.0659. The van der Waals surface area contributed by atoms with E-state index in [1.165, 1.54) is 0 Å². The van der Waals surface area contributed by atoms with Crippen LogP contribution in [0.5, 0.6) is 0 Å². The Bertz CT molecular complexity index is 1000. The Labute approximate surface area is 225 Å². The average molecular weight is 578 g/mol. The molecule has 0 aromatic heterocycles. The molecule has 4 atom stereocenters. The average Bonchev–Trinajstić information content (AvgIpc) is 2.83. The minimum atomic E-state index is -1.70. The van der Waals surface area contributed by atoms with Gasteiger partial charge in [-0.2, -0.15) is 0 Å². The third kappa shape index (κ3) is 15.4. The van der Waals surface area contributed by atoms with E-state index in [-0.39, 0.29) is 0 Å². The van der Waals surface area contributed by atoms with E-state index in [4.69, 9.17) is 26.2 Å². The SMILES string of the molecule is N[C@@H](CC(=O)O)C(=O)NCC(=O)N[C@@H](CCC(=O)O)C(=O)N[C@@H](CCC(=O)O)C(=O)N[C@@H](CCC(=O)O)C(=O)O. The number of carboxylic acid groups (broad SMARTS) is 5. The van der Waals surface area contributed by atoms with Crippen molar-refractivity contribution in [2.75, 3.05) is 6.54 Å². The molecule has 11 N–H and O–H groups in total. The van der Waals surface area contributed by atoms with E-state index < -0.39 is 129 Å². The highest BCUT2D eigenvalue weighted by molar-refractivity contribution is 5.95. The number of nitrogens with two attached hydrogens (primary N) is 1. The molecule has 40 heavy (non-hydrogen) atoms. The smallest absolute Gasteiger partial charge is 0.326 e. The maximum absolute atomic E-state index is 12.8. The van der Waals surface area contributed by atoms with Gasteiger partial charge in [0.15, 0.2) is 0 Å². The number of carbonyl (C=O) groups is 9. The molecule has 0 aliphatic rings. The first-order chi connectivity index (χ1) is 18.5. The first kappa shape index (κ1) is 35.2. The standard InChI is InChI=1S/C21H31N5O14/c22-9(7-17(34)35)18(36)23-8-13(27)24-10(1-4-14(28)29)19(37)25-11(2-5-15(30)31)20(38)26-12(21(39)40)3-6-16(32)33/h9-12H,1-8,22H2,(H,23,36)(H,24,27)(H,25,37)(H,26,38)(H,28,29)(H,30,31)(H,32,33)(H,34,35)(H,39,40)/t9-,10-,11-,12-/m0/s1. The van der Waals surface area contributed by atoms with Crippen LogP contribution in [0.25, 0.3) is 0 Å². The zero-order valence-electron chi connectivity index (χ0n) is 21.0. The lowest BCUT2D eigenvalue weighted by molar-refractivity contribution is -0.144. The number of amides is 4. The van der Waals surface area contributed by atoms with Crippen LogP contribution in [0.15, 0.2) is 0 Å². The molecule has 0 aromatic carbocycles. The van der Waals surface area contributed by atoms with Crippen molar-refractivity contribution in [1.82, 2.24) is 21.3 Å². The van der Waals surface area contributed by atoms with Gasteiger partial charge in [0, 0.05) is 19.3 Å². The van der Waals surface area contributed by atoms with Gasteiger partial charge in [0.1, 0.15) is 18.1 Å². The second-order valence-electron chi connectivity index (χ2n) is 8.30. The molecule has 0 heterocycles. The molecule has 0 radical (unpaired) electrons. The summed E-state index contributed by atoms with van der Waals surface area (Å²) in [7, 11) is 0. The molecule has 19 nitrogen and oxygen atoms in total. The summed E-state index contributed by atoms with van der Waals surface area (Å²) < 4.78 is 0. The lowest BCUT2D eigenvalue weighted by Crippen LogP contribution is -2.56. The molecule has 0 aliphatic carbocycles. The third-order valence-corrected chi connectivity index (χ3v) is 4.99. The van der Waals surface area contributed by atoms with Crippen molar-refractivity contribution in [3.8, 4) is 0 Å². The Balaban J connectivity index is 5.57. The lowest BCUT2D eigenvalue weighted by atomic mass is 10.1. The van der Waals surface area contributed by atoms with Crippen LogP contribution in [0.1, 0.15) is 44.9 Å². The van der Waals surface area contributed by atoms with E-state index >= 15 is 0 Å². The van der Waals surface area contributed by atoms with Gasteiger partial charge < -0.3 is 52.5 Å². The van der Waals surface area contributed by atoms with E-state index in [9.17, 15) is 48.3 Å². The molecule has 0 spiro atoms. The topological polar surface area (TPSA) is 329 Å². The minimum absolute atomic E-state index is 0.525. The van der Waals surface area contributed by atoms with Crippen LogP contribution < -0.4 is 27.0 Å². The van der Waals surface area contributed by atoms with Gasteiger partial charge in [-0.1, -0.05) is 0 Å². The molecule has 0 saturated heterocycles. The number of rotatable bonds is 20. The molecule has 0 rings (SSSR count). The number of aliphatic carboxylic acids is 5. The normalized spacial score (nSPS) is 13.4. The fraction of sp³-hybridized carbons (Fsp3) is 0.571. The molecular weight excluding hydrogens is 546 g/mol. The van der Waals surface area contributed by atoms with Crippen molar-refractivity contribution in [2.24, 2.45) is 5.73 Å². The molecule has 0 saturated carbocycles. The number of carbonyl (C=O) groups excluding carboxylic acids is 4. The minimum Gasteiger partial charge on any atom is -0.481 e. The first-order valence-electron chi connectivity index (χ1n) is 11.6. The van der Waals surface area contributed by atoms with Crippen molar-refractivity contribution >= 4 is 53.5 Å². The second kappa shape index (κ2) is 17.7. The van der Waals surface area contributed by atoms with E-state index in [1.54, 1.807) is 0 Å². The highest BCUT2D eigenvalue weighted by Crippen LogP contribution is 2.06. The molecule has 0 aromatic rings. The van der Waals surface area contributed by atoms with Crippen LogP contribution >= 0.6 is 0 Å². The number of carboxylic acids is 5. The fourth-order valence-corrected chi connectivity index (χ4v) is 2.97. The van der Waals surface area contributed by atoms with E-state index in [0.29, 0.717) is 0 Å². The first-order valence-corrected chi connectivity index (χ1v) is 11.6. The Kier molecular flexibility index (Phi) is 15.5. The van der Waals surface area contributed by atoms with Gasteiger partial charge in [-0.15, -0.1) is 0 Å². The summed E-state index contributed by atoms with van der Waals surface area (Å²) in [5.41, 5.74) is 5.36. The van der Waals surface area contributed by atoms with Crippen LogP contribution in [0.4, 0.5) is 0 Å². The van der Waals surface area contributed by atoms with Crippen LogP contribution in [0.3, 0.4) is 0 Å². The number of nitrogens with one attached hydrogen (secondary N) is 4. The van der Waals surface area contributed by atoms with E-state index in [0.717, 1.165) is 0 Å². The largest absolute Gasteiger partial charge is 0.481 e. The fourth-order valence-electron chi connectivity index (χ4n) is 2.97. The van der Waals surface area contributed by atoms with Crippen molar-refractivity contribution in [2.45, 2.75) is 69.1 Å². The maximum atomic E-state index is 12.8. The van der Waals surface area contributed by atoms with Crippen molar-refractivity contribution in [1.29, 1.82) is 0 Å². The Morgan fingerprint density at radius 1 is 0.550 bits per heavy atom.